The summed E-state index contributed by atoms with van der Waals surface area (Å²) in [6.45, 7) is 6.05. The molecule has 0 spiro atoms. The minimum Gasteiger partial charge on any atom is -0.283 e. The highest BCUT2D eigenvalue weighted by molar-refractivity contribution is 8.14. The molecular weight excluding hydrogens is 466 g/mol. The van der Waals surface area contributed by atoms with Gasteiger partial charge in [0, 0.05) is 16.0 Å². The number of amides is 1. The summed E-state index contributed by atoms with van der Waals surface area (Å²) in [5.41, 5.74) is 5.03. The first-order valence-electron chi connectivity index (χ1n) is 11.3. The summed E-state index contributed by atoms with van der Waals surface area (Å²) in [7, 11) is -3.50. The molecule has 1 amide bonds. The van der Waals surface area contributed by atoms with E-state index in [1.165, 1.54) is 11.8 Å². The topological polar surface area (TPSA) is 87.6 Å². The number of hydrogen-bond donors (Lipinski definition) is 2. The van der Waals surface area contributed by atoms with Gasteiger partial charge < -0.3 is 0 Å². The number of anilines is 1. The third-order valence-corrected chi connectivity index (χ3v) is 10.4. The minimum absolute atomic E-state index is 0.00681. The SMILES string of the molecule is CCC1(C)CCC(S(=O)(=O)Nc2ccc(C(=O)N/N=C(\C)c3ccc4ccccc4c3)cc2)S1. The molecule has 1 aliphatic heterocycles. The summed E-state index contributed by atoms with van der Waals surface area (Å²) in [6.07, 6.45) is 2.47. The number of rotatable bonds is 7. The molecule has 34 heavy (non-hydrogen) atoms. The Kier molecular flexibility index (Phi) is 7.00. The maximum Gasteiger partial charge on any atom is 0.271 e. The molecule has 0 saturated carbocycles. The van der Waals surface area contributed by atoms with Gasteiger partial charge in [-0.1, -0.05) is 50.2 Å². The molecular formula is C26H29N3O3S2. The van der Waals surface area contributed by atoms with Crippen LogP contribution >= 0.6 is 11.8 Å². The summed E-state index contributed by atoms with van der Waals surface area (Å²) >= 11 is 1.53. The van der Waals surface area contributed by atoms with Crippen LogP contribution in [0, 0.1) is 0 Å². The second-order valence-electron chi connectivity index (χ2n) is 8.81. The van der Waals surface area contributed by atoms with Gasteiger partial charge in [-0.2, -0.15) is 5.10 Å². The van der Waals surface area contributed by atoms with E-state index >= 15 is 0 Å². The van der Waals surface area contributed by atoms with Crippen molar-refractivity contribution in [1.29, 1.82) is 0 Å². The number of fused-ring (bicyclic) bond motifs is 1. The summed E-state index contributed by atoms with van der Waals surface area (Å²) in [4.78, 5) is 12.5. The lowest BCUT2D eigenvalue weighted by molar-refractivity contribution is 0.0955. The maximum atomic E-state index is 12.8. The van der Waals surface area contributed by atoms with Crippen molar-refractivity contribution in [3.05, 3.63) is 77.9 Å². The standard InChI is InChI=1S/C26H29N3O3S2/c1-4-26(3)16-15-24(33-26)34(31,32)29-23-13-11-20(12-14-23)25(30)28-27-18(2)21-10-9-19-7-5-6-8-22(19)17-21/h5-14,17,24,29H,4,15-16H2,1-3H3,(H,28,30)/b27-18+. The average molecular weight is 496 g/mol. The van der Waals surface area contributed by atoms with Crippen molar-refractivity contribution in [2.45, 2.75) is 49.4 Å². The second-order valence-corrected chi connectivity index (χ2v) is 12.8. The Hall–Kier alpha value is -2.84. The number of hydrazone groups is 1. The largest absolute Gasteiger partial charge is 0.283 e. The Morgan fingerprint density at radius 1 is 1.06 bits per heavy atom. The first-order valence-corrected chi connectivity index (χ1v) is 13.7. The molecule has 178 valence electrons. The van der Waals surface area contributed by atoms with Gasteiger partial charge in [0.05, 0.1) is 5.71 Å². The highest BCUT2D eigenvalue weighted by Crippen LogP contribution is 2.47. The van der Waals surface area contributed by atoms with Crippen LogP contribution in [-0.2, 0) is 10.0 Å². The van der Waals surface area contributed by atoms with Crippen LogP contribution in [0.25, 0.3) is 10.8 Å². The number of carbonyl (C=O) groups is 1. The minimum atomic E-state index is -3.50. The lowest BCUT2D eigenvalue weighted by Crippen LogP contribution is -2.24. The monoisotopic (exact) mass is 495 g/mol. The molecule has 3 aromatic rings. The van der Waals surface area contributed by atoms with Crippen LogP contribution in [0.2, 0.25) is 0 Å². The van der Waals surface area contributed by atoms with Crippen LogP contribution in [-0.4, -0.2) is 29.4 Å². The van der Waals surface area contributed by atoms with E-state index < -0.39 is 14.6 Å². The zero-order valence-electron chi connectivity index (χ0n) is 19.5. The number of nitrogens with one attached hydrogen (secondary N) is 2. The summed E-state index contributed by atoms with van der Waals surface area (Å²) < 4.78 is 27.8. The van der Waals surface area contributed by atoms with Gasteiger partial charge >= 0.3 is 0 Å². The normalized spacial score (nSPS) is 20.9. The quantitative estimate of drug-likeness (QED) is 0.322. The molecule has 4 rings (SSSR count). The van der Waals surface area contributed by atoms with Gasteiger partial charge in [-0.05, 0) is 72.9 Å². The van der Waals surface area contributed by atoms with Crippen molar-refractivity contribution in [1.82, 2.24) is 5.43 Å². The van der Waals surface area contributed by atoms with Gasteiger partial charge in [-0.15, -0.1) is 11.8 Å². The van der Waals surface area contributed by atoms with Gasteiger partial charge in [-0.3, -0.25) is 9.52 Å². The lowest BCUT2D eigenvalue weighted by atomic mass is 10.0. The van der Waals surface area contributed by atoms with E-state index in [9.17, 15) is 13.2 Å². The van der Waals surface area contributed by atoms with Crippen molar-refractivity contribution in [2.24, 2.45) is 5.10 Å². The third-order valence-electron chi connectivity index (χ3n) is 6.32. The summed E-state index contributed by atoms with van der Waals surface area (Å²) in [5, 5.41) is 6.49. The Bertz CT molecular complexity index is 1340. The Balaban J connectivity index is 1.39. The van der Waals surface area contributed by atoms with E-state index in [1.807, 2.05) is 49.4 Å². The van der Waals surface area contributed by atoms with Crippen LogP contribution in [0.1, 0.15) is 56.0 Å². The highest BCUT2D eigenvalue weighted by Gasteiger charge is 2.41. The summed E-state index contributed by atoms with van der Waals surface area (Å²) in [6, 6.07) is 20.5. The molecule has 0 bridgehead atoms. The molecule has 2 N–H and O–H groups in total. The van der Waals surface area contributed by atoms with E-state index in [0.717, 1.165) is 29.2 Å². The van der Waals surface area contributed by atoms with E-state index in [1.54, 1.807) is 24.3 Å². The van der Waals surface area contributed by atoms with E-state index in [-0.39, 0.29) is 10.7 Å². The Labute approximate surface area is 205 Å². The third kappa shape index (κ3) is 5.45. The van der Waals surface area contributed by atoms with Gasteiger partial charge in [0.2, 0.25) is 10.0 Å². The Morgan fingerprint density at radius 3 is 2.41 bits per heavy atom. The predicted molar refractivity (Wildman–Crippen MR) is 142 cm³/mol. The predicted octanol–water partition coefficient (Wildman–Crippen LogP) is 5.76. The molecule has 1 saturated heterocycles. The molecule has 6 nitrogen and oxygen atoms in total. The van der Waals surface area contributed by atoms with Crippen LogP contribution in [0.4, 0.5) is 5.69 Å². The lowest BCUT2D eigenvalue weighted by Gasteiger charge is -2.21. The van der Waals surface area contributed by atoms with Crippen molar-refractivity contribution >= 4 is 49.9 Å². The zero-order valence-corrected chi connectivity index (χ0v) is 21.2. The van der Waals surface area contributed by atoms with Gasteiger partial charge in [0.25, 0.3) is 5.91 Å². The van der Waals surface area contributed by atoms with E-state index in [0.29, 0.717) is 23.4 Å². The first kappa shape index (κ1) is 24.3. The molecule has 2 unspecified atom stereocenters. The molecule has 2 atom stereocenters. The van der Waals surface area contributed by atoms with Gasteiger partial charge in [-0.25, -0.2) is 13.8 Å². The van der Waals surface area contributed by atoms with Crippen molar-refractivity contribution in [3.8, 4) is 0 Å². The fourth-order valence-corrected chi connectivity index (χ4v) is 7.58. The molecule has 3 aromatic carbocycles. The summed E-state index contributed by atoms with van der Waals surface area (Å²) in [5.74, 6) is -0.361. The van der Waals surface area contributed by atoms with E-state index in [2.05, 4.69) is 29.1 Å². The number of benzene rings is 3. The molecule has 1 aliphatic rings. The fourth-order valence-electron chi connectivity index (χ4n) is 3.93. The molecule has 8 heteroatoms. The number of nitrogens with zero attached hydrogens (tertiary/aromatic N) is 1. The molecule has 1 fully saturated rings. The molecule has 1 heterocycles. The van der Waals surface area contributed by atoms with Crippen molar-refractivity contribution in [2.75, 3.05) is 4.72 Å². The van der Waals surface area contributed by atoms with Crippen LogP contribution < -0.4 is 10.1 Å². The van der Waals surface area contributed by atoms with Crippen molar-refractivity contribution < 1.29 is 13.2 Å². The number of thioether (sulfide) groups is 1. The van der Waals surface area contributed by atoms with Crippen LogP contribution in [0.5, 0.6) is 0 Å². The number of carbonyl (C=O) groups excluding carboxylic acids is 1. The average Bonchev–Trinajstić information content (AvgIpc) is 3.26. The number of sulfonamides is 1. The fraction of sp³-hybridized carbons (Fsp3) is 0.308. The molecule has 0 aliphatic carbocycles. The van der Waals surface area contributed by atoms with Crippen molar-refractivity contribution in [3.63, 3.8) is 0 Å². The van der Waals surface area contributed by atoms with Gasteiger partial charge in [0.1, 0.15) is 4.58 Å². The number of hydrogen-bond acceptors (Lipinski definition) is 5. The smallest absolute Gasteiger partial charge is 0.271 e. The Morgan fingerprint density at radius 2 is 1.74 bits per heavy atom. The maximum absolute atomic E-state index is 12.8. The van der Waals surface area contributed by atoms with Crippen LogP contribution in [0.15, 0.2) is 71.8 Å². The first-order chi connectivity index (χ1) is 16.2. The zero-order chi connectivity index (χ0) is 24.3. The molecule has 0 radical (unpaired) electrons. The highest BCUT2D eigenvalue weighted by atomic mass is 32.3. The van der Waals surface area contributed by atoms with Crippen LogP contribution in [0.3, 0.4) is 0 Å². The molecule has 0 aromatic heterocycles. The second kappa shape index (κ2) is 9.80. The van der Waals surface area contributed by atoms with Gasteiger partial charge in [0.15, 0.2) is 0 Å². The van der Waals surface area contributed by atoms with E-state index in [4.69, 9.17) is 0 Å².